The number of ether oxygens (including phenoxy) is 1. The van der Waals surface area contributed by atoms with Crippen LogP contribution in [0.1, 0.15) is 25.8 Å². The Morgan fingerprint density at radius 2 is 1.96 bits per heavy atom. The number of hydrogen-bond acceptors (Lipinski definition) is 4. The summed E-state index contributed by atoms with van der Waals surface area (Å²) in [5.74, 6) is 1.10. The molecule has 1 unspecified atom stereocenters. The summed E-state index contributed by atoms with van der Waals surface area (Å²) in [6.45, 7) is 3.72. The van der Waals surface area contributed by atoms with Crippen molar-refractivity contribution in [3.8, 4) is 23.8 Å². The normalized spacial score (nSPS) is 13.0. The molecule has 0 fully saturated rings. The lowest BCUT2D eigenvalue weighted by atomic mass is 9.94. The van der Waals surface area contributed by atoms with Crippen LogP contribution < -0.4 is 4.74 Å². The summed E-state index contributed by atoms with van der Waals surface area (Å²) in [7, 11) is 1.44. The first-order chi connectivity index (χ1) is 11.9. The zero-order valence-corrected chi connectivity index (χ0v) is 14.7. The van der Waals surface area contributed by atoms with E-state index in [1.807, 2.05) is 19.9 Å². The number of phenolic OH excluding ortho intramolecular Hbond substituents is 1. The SMILES string of the molecule is C#CCC(C(=O)C=CC(C)=CC)C(=O)C=Cc1ccc(O)c(OC)c1. The molecule has 0 spiro atoms. The molecule has 0 bridgehead atoms. The van der Waals surface area contributed by atoms with E-state index in [-0.39, 0.29) is 23.7 Å². The first-order valence-electron chi connectivity index (χ1n) is 7.80. The lowest BCUT2D eigenvalue weighted by molar-refractivity contribution is -0.127. The molecule has 1 atom stereocenters. The average Bonchev–Trinajstić information content (AvgIpc) is 2.62. The van der Waals surface area contributed by atoms with Gasteiger partial charge >= 0.3 is 0 Å². The minimum Gasteiger partial charge on any atom is -0.504 e. The number of aromatic hydroxyl groups is 1. The molecule has 0 saturated heterocycles. The first-order valence-corrected chi connectivity index (χ1v) is 7.80. The van der Waals surface area contributed by atoms with Gasteiger partial charge in [0.05, 0.1) is 13.0 Å². The van der Waals surface area contributed by atoms with Crippen LogP contribution in [0.3, 0.4) is 0 Å². The number of terminal acetylenes is 1. The zero-order chi connectivity index (χ0) is 18.8. The van der Waals surface area contributed by atoms with Crippen molar-refractivity contribution >= 4 is 17.6 Å². The van der Waals surface area contributed by atoms with E-state index < -0.39 is 5.92 Å². The lowest BCUT2D eigenvalue weighted by Gasteiger charge is -2.07. The molecular weight excluding hydrogens is 316 g/mol. The Balaban J connectivity index is 2.94. The number of carbonyl (C=O) groups is 2. The Hall–Kier alpha value is -3.06. The van der Waals surface area contributed by atoms with Gasteiger partial charge in [-0.15, -0.1) is 12.3 Å². The molecule has 1 rings (SSSR count). The van der Waals surface area contributed by atoms with Crippen LogP contribution in [0.15, 0.2) is 48.1 Å². The molecule has 4 heteroatoms. The standard InChI is InChI=1S/C21H22O4/c1-5-7-17(18(22)11-8-15(3)6-2)19(23)12-9-16-10-13-20(24)21(14-16)25-4/h1,6,8-14,17,24H,7H2,2-4H3. The summed E-state index contributed by atoms with van der Waals surface area (Å²) in [5, 5.41) is 9.57. The predicted octanol–water partition coefficient (Wildman–Crippen LogP) is 3.71. The Bertz CT molecular complexity index is 761. The molecule has 0 aliphatic carbocycles. The molecule has 1 N–H and O–H groups in total. The second-order valence-electron chi connectivity index (χ2n) is 5.40. The summed E-state index contributed by atoms with van der Waals surface area (Å²) >= 11 is 0. The molecule has 0 aromatic heterocycles. The molecule has 1 aromatic rings. The number of ketones is 2. The zero-order valence-electron chi connectivity index (χ0n) is 14.7. The van der Waals surface area contributed by atoms with Crippen LogP contribution in [-0.4, -0.2) is 23.8 Å². The number of rotatable bonds is 8. The van der Waals surface area contributed by atoms with Crippen molar-refractivity contribution in [2.75, 3.05) is 7.11 Å². The number of carbonyl (C=O) groups excluding carboxylic acids is 2. The van der Waals surface area contributed by atoms with Crippen molar-refractivity contribution < 1.29 is 19.4 Å². The van der Waals surface area contributed by atoms with Crippen LogP contribution in [-0.2, 0) is 9.59 Å². The van der Waals surface area contributed by atoms with E-state index in [9.17, 15) is 14.7 Å². The van der Waals surface area contributed by atoms with Crippen molar-refractivity contribution in [3.05, 3.63) is 53.6 Å². The number of hydrogen-bond donors (Lipinski definition) is 1. The Morgan fingerprint density at radius 1 is 1.28 bits per heavy atom. The van der Waals surface area contributed by atoms with Gasteiger partial charge in [0.2, 0.25) is 0 Å². The number of allylic oxidation sites excluding steroid dienone is 5. The Morgan fingerprint density at radius 3 is 2.56 bits per heavy atom. The molecule has 0 saturated carbocycles. The highest BCUT2D eigenvalue weighted by atomic mass is 16.5. The molecule has 0 radical (unpaired) electrons. The quantitative estimate of drug-likeness (QED) is 0.340. The van der Waals surface area contributed by atoms with Gasteiger partial charge < -0.3 is 9.84 Å². The molecule has 0 heterocycles. The minimum absolute atomic E-state index is 0.0100. The molecule has 25 heavy (non-hydrogen) atoms. The van der Waals surface area contributed by atoms with Crippen LogP contribution in [0.25, 0.3) is 6.08 Å². The van der Waals surface area contributed by atoms with Gasteiger partial charge in [0.1, 0.15) is 0 Å². The lowest BCUT2D eigenvalue weighted by Crippen LogP contribution is -2.20. The van der Waals surface area contributed by atoms with Gasteiger partial charge in [-0.25, -0.2) is 0 Å². The fourth-order valence-corrected chi connectivity index (χ4v) is 1.98. The molecule has 0 aliphatic heterocycles. The van der Waals surface area contributed by atoms with Gasteiger partial charge in [-0.05, 0) is 43.7 Å². The second kappa shape index (κ2) is 9.94. The summed E-state index contributed by atoms with van der Waals surface area (Å²) in [6, 6.07) is 4.69. The van der Waals surface area contributed by atoms with Crippen LogP contribution in [0, 0.1) is 18.3 Å². The Labute approximate surface area is 148 Å². The molecule has 0 aliphatic rings. The fraction of sp³-hybridized carbons (Fsp3) is 0.238. The number of methoxy groups -OCH3 is 1. The molecule has 1 aromatic carbocycles. The van der Waals surface area contributed by atoms with Gasteiger partial charge in [-0.3, -0.25) is 9.59 Å². The highest BCUT2D eigenvalue weighted by molar-refractivity contribution is 6.12. The summed E-state index contributed by atoms with van der Waals surface area (Å²) in [4.78, 5) is 24.6. The van der Waals surface area contributed by atoms with E-state index >= 15 is 0 Å². The maximum atomic E-state index is 12.4. The largest absolute Gasteiger partial charge is 0.504 e. The van der Waals surface area contributed by atoms with Crippen molar-refractivity contribution in [1.82, 2.24) is 0 Å². The van der Waals surface area contributed by atoms with E-state index in [0.717, 1.165) is 5.57 Å². The van der Waals surface area contributed by atoms with Crippen molar-refractivity contribution in [3.63, 3.8) is 0 Å². The van der Waals surface area contributed by atoms with E-state index in [0.29, 0.717) is 11.3 Å². The smallest absolute Gasteiger partial charge is 0.167 e. The van der Waals surface area contributed by atoms with Crippen molar-refractivity contribution in [2.45, 2.75) is 20.3 Å². The molecule has 4 nitrogen and oxygen atoms in total. The Kier molecular flexibility index (Phi) is 7.95. The highest BCUT2D eigenvalue weighted by Crippen LogP contribution is 2.26. The third-order valence-corrected chi connectivity index (χ3v) is 3.62. The van der Waals surface area contributed by atoms with Gasteiger partial charge in [-0.2, -0.15) is 0 Å². The van der Waals surface area contributed by atoms with Crippen molar-refractivity contribution in [1.29, 1.82) is 0 Å². The van der Waals surface area contributed by atoms with Crippen LogP contribution in [0.2, 0.25) is 0 Å². The second-order valence-corrected chi connectivity index (χ2v) is 5.40. The van der Waals surface area contributed by atoms with Gasteiger partial charge in [0, 0.05) is 6.42 Å². The van der Waals surface area contributed by atoms with E-state index in [4.69, 9.17) is 11.2 Å². The van der Waals surface area contributed by atoms with Crippen LogP contribution >= 0.6 is 0 Å². The fourth-order valence-electron chi connectivity index (χ4n) is 1.98. The van der Waals surface area contributed by atoms with E-state index in [1.54, 1.807) is 24.3 Å². The highest BCUT2D eigenvalue weighted by Gasteiger charge is 2.21. The van der Waals surface area contributed by atoms with E-state index in [1.165, 1.54) is 25.3 Å². The number of phenols is 1. The third kappa shape index (κ3) is 6.15. The average molecular weight is 338 g/mol. The molecule has 0 amide bonds. The summed E-state index contributed by atoms with van der Waals surface area (Å²) in [6.07, 6.45) is 13.1. The maximum Gasteiger partial charge on any atom is 0.167 e. The van der Waals surface area contributed by atoms with Crippen molar-refractivity contribution in [2.24, 2.45) is 5.92 Å². The number of benzene rings is 1. The predicted molar refractivity (Wildman–Crippen MR) is 99.2 cm³/mol. The topological polar surface area (TPSA) is 63.6 Å². The molecular formula is C21H22O4. The third-order valence-electron chi connectivity index (χ3n) is 3.62. The van der Waals surface area contributed by atoms with Crippen LogP contribution in [0.5, 0.6) is 11.5 Å². The summed E-state index contributed by atoms with van der Waals surface area (Å²) < 4.78 is 5.02. The first kappa shape index (κ1) is 20.0. The van der Waals surface area contributed by atoms with Crippen LogP contribution in [0.4, 0.5) is 0 Å². The molecule has 130 valence electrons. The van der Waals surface area contributed by atoms with Gasteiger partial charge in [0.15, 0.2) is 23.1 Å². The van der Waals surface area contributed by atoms with E-state index in [2.05, 4.69) is 5.92 Å². The summed E-state index contributed by atoms with van der Waals surface area (Å²) in [5.41, 5.74) is 1.59. The van der Waals surface area contributed by atoms with Gasteiger partial charge in [-0.1, -0.05) is 29.9 Å². The maximum absolute atomic E-state index is 12.4. The minimum atomic E-state index is -0.902. The van der Waals surface area contributed by atoms with Gasteiger partial charge in [0.25, 0.3) is 0 Å². The monoisotopic (exact) mass is 338 g/mol.